The SMILES string of the molecule is O=C(NCc1ccccc1)C1CCN(C(=O)NC2CCCCC2)CC1. The van der Waals surface area contributed by atoms with Crippen molar-refractivity contribution in [1.82, 2.24) is 15.5 Å². The Morgan fingerprint density at radius 3 is 2.32 bits per heavy atom. The Morgan fingerprint density at radius 2 is 1.64 bits per heavy atom. The highest BCUT2D eigenvalue weighted by Gasteiger charge is 2.28. The lowest BCUT2D eigenvalue weighted by Gasteiger charge is -2.33. The Bertz CT molecular complexity index is 562. The van der Waals surface area contributed by atoms with E-state index in [1.165, 1.54) is 19.3 Å². The molecule has 1 saturated heterocycles. The molecule has 1 heterocycles. The van der Waals surface area contributed by atoms with Crippen molar-refractivity contribution in [2.45, 2.75) is 57.5 Å². The Labute approximate surface area is 150 Å². The van der Waals surface area contributed by atoms with E-state index in [0.717, 1.165) is 31.2 Å². The van der Waals surface area contributed by atoms with E-state index >= 15 is 0 Å². The van der Waals surface area contributed by atoms with Crippen molar-refractivity contribution in [3.05, 3.63) is 35.9 Å². The van der Waals surface area contributed by atoms with Gasteiger partial charge in [0.1, 0.15) is 0 Å². The molecule has 1 aliphatic carbocycles. The van der Waals surface area contributed by atoms with Gasteiger partial charge in [0.25, 0.3) is 0 Å². The lowest BCUT2D eigenvalue weighted by atomic mass is 9.95. The first-order valence-corrected chi connectivity index (χ1v) is 9.59. The van der Waals surface area contributed by atoms with Crippen molar-refractivity contribution in [3.8, 4) is 0 Å². The van der Waals surface area contributed by atoms with Gasteiger partial charge < -0.3 is 15.5 Å². The van der Waals surface area contributed by atoms with Crippen LogP contribution in [-0.4, -0.2) is 36.0 Å². The highest BCUT2D eigenvalue weighted by Crippen LogP contribution is 2.20. The number of nitrogens with one attached hydrogen (secondary N) is 2. The Morgan fingerprint density at radius 1 is 0.960 bits per heavy atom. The second-order valence-electron chi connectivity index (χ2n) is 7.25. The number of rotatable bonds is 4. The molecule has 5 heteroatoms. The number of hydrogen-bond acceptors (Lipinski definition) is 2. The summed E-state index contributed by atoms with van der Waals surface area (Å²) < 4.78 is 0. The molecule has 3 rings (SSSR count). The van der Waals surface area contributed by atoms with Gasteiger partial charge in [-0.25, -0.2) is 4.79 Å². The van der Waals surface area contributed by atoms with Gasteiger partial charge in [-0.15, -0.1) is 0 Å². The average Bonchev–Trinajstić information content (AvgIpc) is 2.68. The molecule has 2 N–H and O–H groups in total. The molecule has 1 aromatic rings. The summed E-state index contributed by atoms with van der Waals surface area (Å²) in [7, 11) is 0. The van der Waals surface area contributed by atoms with Crippen molar-refractivity contribution in [2.24, 2.45) is 5.92 Å². The quantitative estimate of drug-likeness (QED) is 0.883. The fourth-order valence-electron chi connectivity index (χ4n) is 3.79. The minimum atomic E-state index is 0.0162. The number of carbonyl (C=O) groups is 2. The first kappa shape index (κ1) is 17.8. The Kier molecular flexibility index (Phi) is 6.31. The molecule has 3 amide bonds. The molecule has 0 atom stereocenters. The number of benzene rings is 1. The predicted molar refractivity (Wildman–Crippen MR) is 98.0 cm³/mol. The maximum atomic E-state index is 12.4. The van der Waals surface area contributed by atoms with Gasteiger partial charge in [0.05, 0.1) is 0 Å². The molecule has 136 valence electrons. The van der Waals surface area contributed by atoms with Crippen LogP contribution in [0.5, 0.6) is 0 Å². The zero-order valence-corrected chi connectivity index (χ0v) is 14.9. The fourth-order valence-corrected chi connectivity index (χ4v) is 3.79. The molecular formula is C20H29N3O2. The number of likely N-dealkylation sites (tertiary alicyclic amines) is 1. The number of carbonyl (C=O) groups excluding carboxylic acids is 2. The van der Waals surface area contributed by atoms with Crippen molar-refractivity contribution in [2.75, 3.05) is 13.1 Å². The fraction of sp³-hybridized carbons (Fsp3) is 0.600. The molecule has 25 heavy (non-hydrogen) atoms. The first-order chi connectivity index (χ1) is 12.2. The van der Waals surface area contributed by atoms with Gasteiger partial charge in [-0.2, -0.15) is 0 Å². The maximum Gasteiger partial charge on any atom is 0.317 e. The van der Waals surface area contributed by atoms with E-state index in [9.17, 15) is 9.59 Å². The van der Waals surface area contributed by atoms with Crippen molar-refractivity contribution in [3.63, 3.8) is 0 Å². The monoisotopic (exact) mass is 343 g/mol. The molecule has 2 aliphatic rings. The van der Waals surface area contributed by atoms with Crippen molar-refractivity contribution in [1.29, 1.82) is 0 Å². The van der Waals surface area contributed by atoms with Crippen LogP contribution in [0.25, 0.3) is 0 Å². The van der Waals surface area contributed by atoms with E-state index < -0.39 is 0 Å². The lowest BCUT2D eigenvalue weighted by molar-refractivity contribution is -0.126. The van der Waals surface area contributed by atoms with E-state index in [0.29, 0.717) is 25.7 Å². The first-order valence-electron chi connectivity index (χ1n) is 9.59. The van der Waals surface area contributed by atoms with E-state index in [1.54, 1.807) is 0 Å². The van der Waals surface area contributed by atoms with Crippen LogP contribution in [0, 0.1) is 5.92 Å². The van der Waals surface area contributed by atoms with Gasteiger partial charge in [0.15, 0.2) is 0 Å². The summed E-state index contributed by atoms with van der Waals surface area (Å²) in [6.45, 7) is 1.91. The largest absolute Gasteiger partial charge is 0.352 e. The molecule has 0 spiro atoms. The number of nitrogens with zero attached hydrogens (tertiary/aromatic N) is 1. The molecule has 5 nitrogen and oxygen atoms in total. The molecule has 0 radical (unpaired) electrons. The van der Waals surface area contributed by atoms with Crippen LogP contribution in [0.1, 0.15) is 50.5 Å². The minimum Gasteiger partial charge on any atom is -0.352 e. The summed E-state index contributed by atoms with van der Waals surface area (Å²) in [6.07, 6.45) is 7.42. The standard InChI is InChI=1S/C20H29N3O2/c24-19(21-15-16-7-3-1-4-8-16)17-11-13-23(14-12-17)20(25)22-18-9-5-2-6-10-18/h1,3-4,7-8,17-18H,2,5-6,9-15H2,(H,21,24)(H,22,25). The van der Waals surface area contributed by atoms with Crippen molar-refractivity contribution < 1.29 is 9.59 Å². The Balaban J connectivity index is 1.38. The third-order valence-electron chi connectivity index (χ3n) is 5.40. The third-order valence-corrected chi connectivity index (χ3v) is 5.40. The third kappa shape index (κ3) is 5.21. The molecule has 0 unspecified atom stereocenters. The van der Waals surface area contributed by atoms with Crippen LogP contribution >= 0.6 is 0 Å². The molecule has 2 fully saturated rings. The van der Waals surface area contributed by atoms with Crippen LogP contribution in [0.15, 0.2) is 30.3 Å². The van der Waals surface area contributed by atoms with Crippen molar-refractivity contribution >= 4 is 11.9 Å². The summed E-state index contributed by atoms with van der Waals surface area (Å²) in [4.78, 5) is 26.6. The van der Waals surface area contributed by atoms with Crippen LogP contribution in [0.2, 0.25) is 0 Å². The number of hydrogen-bond donors (Lipinski definition) is 2. The zero-order valence-electron chi connectivity index (χ0n) is 14.9. The molecular weight excluding hydrogens is 314 g/mol. The van der Waals surface area contributed by atoms with Gasteiger partial charge in [0, 0.05) is 31.6 Å². The Hall–Kier alpha value is -2.04. The maximum absolute atomic E-state index is 12.4. The van der Waals surface area contributed by atoms with Crippen LogP contribution < -0.4 is 10.6 Å². The summed E-state index contributed by atoms with van der Waals surface area (Å²) in [5.74, 6) is 0.124. The second-order valence-corrected chi connectivity index (χ2v) is 7.25. The highest BCUT2D eigenvalue weighted by molar-refractivity contribution is 5.79. The number of amides is 3. The molecule has 1 saturated carbocycles. The summed E-state index contributed by atoms with van der Waals surface area (Å²) >= 11 is 0. The van der Waals surface area contributed by atoms with Gasteiger partial charge in [0.2, 0.25) is 5.91 Å². The zero-order chi connectivity index (χ0) is 17.5. The normalized spacial score (nSPS) is 19.4. The van der Waals surface area contributed by atoms with E-state index in [1.807, 2.05) is 35.2 Å². The minimum absolute atomic E-state index is 0.0162. The molecule has 1 aromatic carbocycles. The van der Waals surface area contributed by atoms with Gasteiger partial charge in [-0.05, 0) is 31.2 Å². The average molecular weight is 343 g/mol. The number of urea groups is 1. The van der Waals surface area contributed by atoms with E-state index in [-0.39, 0.29) is 17.9 Å². The molecule has 1 aliphatic heterocycles. The molecule has 0 bridgehead atoms. The summed E-state index contributed by atoms with van der Waals surface area (Å²) in [5.41, 5.74) is 1.11. The van der Waals surface area contributed by atoms with Gasteiger partial charge in [-0.1, -0.05) is 49.6 Å². The topological polar surface area (TPSA) is 61.4 Å². The number of piperidine rings is 1. The van der Waals surface area contributed by atoms with Gasteiger partial charge in [-0.3, -0.25) is 4.79 Å². The summed E-state index contributed by atoms with van der Waals surface area (Å²) in [6, 6.07) is 10.3. The predicted octanol–water partition coefficient (Wildman–Crippen LogP) is 3.06. The van der Waals surface area contributed by atoms with E-state index in [2.05, 4.69) is 10.6 Å². The highest BCUT2D eigenvalue weighted by atomic mass is 16.2. The second kappa shape index (κ2) is 8.88. The van der Waals surface area contributed by atoms with Crippen LogP contribution in [-0.2, 0) is 11.3 Å². The van der Waals surface area contributed by atoms with Crippen LogP contribution in [0.4, 0.5) is 4.79 Å². The lowest BCUT2D eigenvalue weighted by Crippen LogP contribution is -2.49. The molecule has 0 aromatic heterocycles. The smallest absolute Gasteiger partial charge is 0.317 e. The van der Waals surface area contributed by atoms with E-state index in [4.69, 9.17) is 0 Å². The summed E-state index contributed by atoms with van der Waals surface area (Å²) in [5, 5.41) is 6.19. The van der Waals surface area contributed by atoms with Crippen LogP contribution in [0.3, 0.4) is 0 Å². The van der Waals surface area contributed by atoms with Gasteiger partial charge >= 0.3 is 6.03 Å².